The van der Waals surface area contributed by atoms with Crippen LogP contribution in [0.4, 0.5) is 11.4 Å². The Morgan fingerprint density at radius 2 is 2.27 bits per heavy atom. The third-order valence-electron chi connectivity index (χ3n) is 4.61. The normalized spacial score (nSPS) is 20.0. The van der Waals surface area contributed by atoms with E-state index in [2.05, 4.69) is 10.9 Å². The summed E-state index contributed by atoms with van der Waals surface area (Å²) in [4.78, 5) is 26.8. The van der Waals surface area contributed by atoms with E-state index in [1.807, 2.05) is 11.9 Å². The molecule has 1 N–H and O–H groups in total. The van der Waals surface area contributed by atoms with Crippen LogP contribution in [0.25, 0.3) is 0 Å². The molecular weight excluding hydrogens is 281 g/mol. The molecule has 2 aliphatic heterocycles. The molecular formula is C15H16BN3O3. The summed E-state index contributed by atoms with van der Waals surface area (Å²) in [6.07, 6.45) is 2.19. The molecule has 112 valence electrons. The number of likely N-dealkylation sites (N-methyl/N-ethyl adjacent to an activating group) is 1. The van der Waals surface area contributed by atoms with Gasteiger partial charge in [0.2, 0.25) is 0 Å². The van der Waals surface area contributed by atoms with Gasteiger partial charge in [-0.1, -0.05) is 0 Å². The molecule has 0 bridgehead atoms. The molecule has 0 radical (unpaired) electrons. The van der Waals surface area contributed by atoms with E-state index < -0.39 is 5.97 Å². The predicted molar refractivity (Wildman–Crippen MR) is 84.2 cm³/mol. The minimum absolute atomic E-state index is 0.0333. The van der Waals surface area contributed by atoms with Crippen molar-refractivity contribution >= 4 is 30.3 Å². The molecule has 1 aromatic carbocycles. The zero-order valence-corrected chi connectivity index (χ0v) is 12.3. The number of carbonyl (C=O) groups is 2. The van der Waals surface area contributed by atoms with E-state index in [0.29, 0.717) is 6.29 Å². The van der Waals surface area contributed by atoms with Crippen LogP contribution in [0.15, 0.2) is 12.1 Å². The smallest absolute Gasteiger partial charge is 0.336 e. The number of rotatable bonds is 2. The van der Waals surface area contributed by atoms with Crippen molar-refractivity contribution in [3.63, 3.8) is 0 Å². The summed E-state index contributed by atoms with van der Waals surface area (Å²) < 4.78 is 0. The topological polar surface area (TPSA) is 84.6 Å². The molecule has 0 aromatic heterocycles. The number of carboxylic acid groups (broad SMARTS) is 1. The van der Waals surface area contributed by atoms with Crippen molar-refractivity contribution in [3.05, 3.63) is 23.3 Å². The minimum Gasteiger partial charge on any atom is -0.478 e. The average Bonchev–Trinajstić information content (AvgIpc) is 2.53. The number of benzene rings is 1. The Morgan fingerprint density at radius 1 is 1.50 bits per heavy atom. The van der Waals surface area contributed by atoms with Crippen LogP contribution in [0.2, 0.25) is 12.6 Å². The monoisotopic (exact) mass is 297 g/mol. The molecule has 0 aliphatic carbocycles. The third kappa shape index (κ3) is 2.21. The largest absolute Gasteiger partial charge is 0.478 e. The molecule has 7 heteroatoms. The Balaban J connectivity index is 2.06. The minimum atomic E-state index is -1.09. The summed E-state index contributed by atoms with van der Waals surface area (Å²) in [5, 5.41) is 18.4. The number of hydrogen-bond donors (Lipinski definition) is 1. The van der Waals surface area contributed by atoms with Crippen LogP contribution >= 0.6 is 0 Å². The second kappa shape index (κ2) is 5.37. The Kier molecular flexibility index (Phi) is 3.53. The lowest BCUT2D eigenvalue weighted by Crippen LogP contribution is -2.53. The Morgan fingerprint density at radius 3 is 2.91 bits per heavy atom. The summed E-state index contributed by atoms with van der Waals surface area (Å²) in [5.74, 6) is 1.25. The number of fused-ring (bicyclic) bond motifs is 3. The number of nitrogens with zero attached hydrogens (tertiary/aromatic N) is 3. The van der Waals surface area contributed by atoms with Gasteiger partial charge in [0.25, 0.3) is 6.71 Å². The lowest BCUT2D eigenvalue weighted by atomic mass is 9.43. The fourth-order valence-corrected chi connectivity index (χ4v) is 3.48. The molecule has 3 rings (SSSR count). The Labute approximate surface area is 129 Å². The second-order valence-electron chi connectivity index (χ2n) is 5.93. The first-order chi connectivity index (χ1) is 10.5. The fraction of sp³-hybridized carbons (Fsp3) is 0.400. The number of nitriles is 1. The van der Waals surface area contributed by atoms with Crippen molar-refractivity contribution in [2.75, 3.05) is 29.9 Å². The van der Waals surface area contributed by atoms with E-state index in [1.54, 1.807) is 12.1 Å². The lowest BCUT2D eigenvalue weighted by Gasteiger charge is -2.46. The maximum Gasteiger partial charge on any atom is 0.336 e. The van der Waals surface area contributed by atoms with E-state index in [4.69, 9.17) is 5.26 Å². The summed E-state index contributed by atoms with van der Waals surface area (Å²) in [7, 11) is 1.92. The van der Waals surface area contributed by atoms with Crippen LogP contribution < -0.4 is 9.80 Å². The van der Waals surface area contributed by atoms with Gasteiger partial charge in [-0.15, -0.1) is 0 Å². The highest BCUT2D eigenvalue weighted by Gasteiger charge is 2.37. The zero-order chi connectivity index (χ0) is 15.9. The van der Waals surface area contributed by atoms with Crippen LogP contribution in [-0.2, 0) is 0 Å². The van der Waals surface area contributed by atoms with Crippen LogP contribution in [0, 0.1) is 11.2 Å². The Bertz CT molecular complexity index is 685. The van der Waals surface area contributed by atoms with Crippen LogP contribution in [0.5, 0.6) is 0 Å². The number of carboxylic acids is 1. The average molecular weight is 297 g/mol. The lowest BCUT2D eigenvalue weighted by molar-refractivity contribution is 0.0694. The molecule has 22 heavy (non-hydrogen) atoms. The van der Waals surface area contributed by atoms with Gasteiger partial charge in [-0.3, -0.25) is 4.79 Å². The van der Waals surface area contributed by atoms with Crippen molar-refractivity contribution in [3.8, 4) is 5.97 Å². The Hall–Kier alpha value is -2.49. The molecule has 1 unspecified atom stereocenters. The van der Waals surface area contributed by atoms with Crippen molar-refractivity contribution in [2.24, 2.45) is 0 Å². The van der Waals surface area contributed by atoms with Crippen molar-refractivity contribution < 1.29 is 14.7 Å². The van der Waals surface area contributed by atoms with Gasteiger partial charge in [0.15, 0.2) is 6.29 Å². The first kappa shape index (κ1) is 14.5. The number of anilines is 2. The first-order valence-electron chi connectivity index (χ1n) is 7.29. The molecule has 1 saturated heterocycles. The van der Waals surface area contributed by atoms with Crippen molar-refractivity contribution in [2.45, 2.75) is 18.7 Å². The SMILES string of the molecule is CN1CC2CB(C#N)CCN2c2cc(C=O)c(C(=O)O)cc21. The molecule has 1 atom stereocenters. The van der Waals surface area contributed by atoms with Crippen LogP contribution in [-0.4, -0.2) is 50.3 Å². The highest BCUT2D eigenvalue weighted by molar-refractivity contribution is 6.67. The summed E-state index contributed by atoms with van der Waals surface area (Å²) >= 11 is 0. The maximum absolute atomic E-state index is 11.3. The van der Waals surface area contributed by atoms with Crippen molar-refractivity contribution in [1.82, 2.24) is 0 Å². The van der Waals surface area contributed by atoms with E-state index in [9.17, 15) is 14.7 Å². The molecule has 6 nitrogen and oxygen atoms in total. The standard InChI is InChI=1S/C15H16BN3O3/c1-18-7-11-6-16(9-17)2-3-19(11)14-4-10(8-20)12(15(21)22)5-13(14)18/h4-5,8,11H,2-3,6-7H2,1H3,(H,21,22). The van der Waals surface area contributed by atoms with Gasteiger partial charge in [-0.2, -0.15) is 0 Å². The zero-order valence-electron chi connectivity index (χ0n) is 12.3. The second-order valence-corrected chi connectivity index (χ2v) is 5.93. The van der Waals surface area contributed by atoms with E-state index in [-0.39, 0.29) is 23.9 Å². The van der Waals surface area contributed by atoms with E-state index in [1.165, 1.54) is 0 Å². The third-order valence-corrected chi connectivity index (χ3v) is 4.61. The fourth-order valence-electron chi connectivity index (χ4n) is 3.48. The van der Waals surface area contributed by atoms with Gasteiger partial charge in [0, 0.05) is 37.7 Å². The van der Waals surface area contributed by atoms with Gasteiger partial charge in [0.1, 0.15) is 0 Å². The quantitative estimate of drug-likeness (QED) is 0.656. The first-order valence-corrected chi connectivity index (χ1v) is 7.29. The molecule has 2 heterocycles. The van der Waals surface area contributed by atoms with Crippen LogP contribution in [0.3, 0.4) is 0 Å². The summed E-state index contributed by atoms with van der Waals surface area (Å²) in [5.41, 5.74) is 1.95. The number of carbonyl (C=O) groups excluding carboxylic acids is 1. The number of aromatic carboxylic acids is 1. The van der Waals surface area contributed by atoms with E-state index >= 15 is 0 Å². The molecule has 0 saturated carbocycles. The number of aldehydes is 1. The van der Waals surface area contributed by atoms with Gasteiger partial charge in [0.05, 0.1) is 16.9 Å². The molecule has 2 aliphatic rings. The van der Waals surface area contributed by atoms with E-state index in [0.717, 1.165) is 37.1 Å². The summed E-state index contributed by atoms with van der Waals surface area (Å²) in [6.45, 7) is 1.58. The molecule has 1 aromatic rings. The molecule has 0 amide bonds. The number of hydrogen-bond acceptors (Lipinski definition) is 5. The maximum atomic E-state index is 11.3. The molecule has 0 spiro atoms. The van der Waals surface area contributed by atoms with Crippen LogP contribution in [0.1, 0.15) is 20.7 Å². The van der Waals surface area contributed by atoms with Gasteiger partial charge in [-0.25, -0.2) is 10.1 Å². The highest BCUT2D eigenvalue weighted by atomic mass is 16.4. The predicted octanol–water partition coefficient (Wildman–Crippen LogP) is 1.39. The van der Waals surface area contributed by atoms with Gasteiger partial charge < -0.3 is 14.9 Å². The molecule has 1 fully saturated rings. The highest BCUT2D eigenvalue weighted by Crippen LogP contribution is 2.39. The van der Waals surface area contributed by atoms with Gasteiger partial charge >= 0.3 is 5.97 Å². The summed E-state index contributed by atoms with van der Waals surface area (Å²) in [6, 6.07) is 3.47. The van der Waals surface area contributed by atoms with Gasteiger partial charge in [-0.05, 0) is 24.8 Å². The van der Waals surface area contributed by atoms with Crippen molar-refractivity contribution in [1.29, 1.82) is 5.26 Å².